The predicted octanol–water partition coefficient (Wildman–Crippen LogP) is 2.79. The van der Waals surface area contributed by atoms with Gasteiger partial charge in [-0.15, -0.1) is 0 Å². The molecule has 3 aromatic rings. The van der Waals surface area contributed by atoms with Crippen molar-refractivity contribution in [2.75, 3.05) is 13.7 Å². The first kappa shape index (κ1) is 23.0. The second-order valence-electron chi connectivity index (χ2n) is 6.52. The smallest absolute Gasteiger partial charge is 0.336 e. The van der Waals surface area contributed by atoms with Crippen LogP contribution in [0, 0.1) is 0 Å². The summed E-state index contributed by atoms with van der Waals surface area (Å²) in [5.74, 6) is -0.172. The number of furan rings is 1. The van der Waals surface area contributed by atoms with Crippen molar-refractivity contribution in [3.05, 3.63) is 89.9 Å². The van der Waals surface area contributed by atoms with Gasteiger partial charge >= 0.3 is 5.97 Å². The van der Waals surface area contributed by atoms with E-state index in [0.717, 1.165) is 0 Å². The number of amides is 2. The Morgan fingerprint density at radius 1 is 1.03 bits per heavy atom. The van der Waals surface area contributed by atoms with Crippen molar-refractivity contribution in [3.8, 4) is 11.5 Å². The zero-order chi connectivity index (χ0) is 23.5. The largest absolute Gasteiger partial charge is 0.496 e. The molecule has 0 aliphatic heterocycles. The lowest BCUT2D eigenvalue weighted by Gasteiger charge is -2.08. The van der Waals surface area contributed by atoms with E-state index in [0.29, 0.717) is 28.4 Å². The molecule has 9 heteroatoms. The molecule has 0 spiro atoms. The lowest BCUT2D eigenvalue weighted by Crippen LogP contribution is -2.35. The van der Waals surface area contributed by atoms with E-state index in [1.54, 1.807) is 60.7 Å². The van der Waals surface area contributed by atoms with E-state index in [-0.39, 0.29) is 6.54 Å². The second-order valence-corrected chi connectivity index (χ2v) is 6.52. The van der Waals surface area contributed by atoms with Gasteiger partial charge < -0.3 is 19.2 Å². The molecule has 0 bridgehead atoms. The Balaban J connectivity index is 1.42. The number of carbonyl (C=O) groups excluding carboxylic acids is 3. The van der Waals surface area contributed by atoms with Crippen LogP contribution >= 0.6 is 0 Å². The lowest BCUT2D eigenvalue weighted by molar-refractivity contribution is -0.129. The predicted molar refractivity (Wildman–Crippen MR) is 121 cm³/mol. The van der Waals surface area contributed by atoms with Crippen molar-refractivity contribution in [3.63, 3.8) is 0 Å². The summed E-state index contributed by atoms with van der Waals surface area (Å²) in [5.41, 5.74) is 3.32. The molecule has 168 valence electrons. The number of para-hydroxylation sites is 1. The summed E-state index contributed by atoms with van der Waals surface area (Å²) in [6.45, 7) is -0.255. The summed E-state index contributed by atoms with van der Waals surface area (Å²) in [6.07, 6.45) is 5.69. The second kappa shape index (κ2) is 11.7. The topological polar surface area (TPSA) is 119 Å². The number of hydrazone groups is 1. The quantitative estimate of drug-likeness (QED) is 0.171. The van der Waals surface area contributed by atoms with Gasteiger partial charge in [0.05, 0.1) is 31.7 Å². The van der Waals surface area contributed by atoms with Gasteiger partial charge in [-0.05, 0) is 60.2 Å². The lowest BCUT2D eigenvalue weighted by atomic mass is 10.2. The molecule has 0 aliphatic rings. The number of hydrogen-bond acceptors (Lipinski definition) is 7. The molecule has 0 unspecified atom stereocenters. The fraction of sp³-hybridized carbons (Fsp3) is 0.0833. The Morgan fingerprint density at radius 2 is 1.82 bits per heavy atom. The first-order chi connectivity index (χ1) is 16.0. The maximum atomic E-state index is 12.2. The van der Waals surface area contributed by atoms with Gasteiger partial charge in [0.2, 0.25) is 0 Å². The molecule has 3 rings (SSSR count). The number of carbonyl (C=O) groups is 3. The fourth-order valence-electron chi connectivity index (χ4n) is 2.61. The van der Waals surface area contributed by atoms with Gasteiger partial charge in [-0.25, -0.2) is 10.2 Å². The highest BCUT2D eigenvalue weighted by Gasteiger charge is 2.12. The Morgan fingerprint density at radius 3 is 2.55 bits per heavy atom. The molecule has 2 aromatic carbocycles. The van der Waals surface area contributed by atoms with Crippen LogP contribution in [0.5, 0.6) is 11.5 Å². The molecule has 1 aromatic heterocycles. The number of esters is 1. The number of nitrogens with zero attached hydrogens (tertiary/aromatic N) is 1. The number of benzene rings is 2. The van der Waals surface area contributed by atoms with Crippen molar-refractivity contribution in [1.82, 2.24) is 10.7 Å². The van der Waals surface area contributed by atoms with E-state index in [2.05, 4.69) is 15.8 Å². The summed E-state index contributed by atoms with van der Waals surface area (Å²) in [5, 5.41) is 6.35. The average Bonchev–Trinajstić information content (AvgIpc) is 3.36. The summed E-state index contributed by atoms with van der Waals surface area (Å²) < 4.78 is 15.4. The van der Waals surface area contributed by atoms with Crippen LogP contribution < -0.4 is 20.2 Å². The first-order valence-electron chi connectivity index (χ1n) is 9.82. The van der Waals surface area contributed by atoms with Crippen molar-refractivity contribution >= 4 is 30.1 Å². The summed E-state index contributed by atoms with van der Waals surface area (Å²) >= 11 is 0. The van der Waals surface area contributed by atoms with Gasteiger partial charge in [-0.2, -0.15) is 5.10 Å². The highest BCUT2D eigenvalue weighted by molar-refractivity contribution is 5.98. The Bertz CT molecular complexity index is 1150. The molecule has 0 radical (unpaired) electrons. The van der Waals surface area contributed by atoms with Gasteiger partial charge in [0.25, 0.3) is 11.8 Å². The van der Waals surface area contributed by atoms with Crippen LogP contribution in [0.25, 0.3) is 6.08 Å². The van der Waals surface area contributed by atoms with Crippen molar-refractivity contribution < 1.29 is 28.3 Å². The maximum absolute atomic E-state index is 12.2. The third-order valence-electron chi connectivity index (χ3n) is 4.19. The standard InChI is InChI=1S/C24H21N3O6/c1-31-21-7-3-2-6-20(21)24(30)25-16-22(28)27-26-15-17-8-10-19(11-9-17)33-23(29)13-12-18-5-4-14-32-18/h2-15H,16H2,1H3,(H,25,30)(H,27,28)/b13-12+,26-15-. The molecule has 2 amide bonds. The molecule has 9 nitrogen and oxygen atoms in total. The van der Waals surface area contributed by atoms with Crippen molar-refractivity contribution in [2.24, 2.45) is 5.10 Å². The number of nitrogens with one attached hydrogen (secondary N) is 2. The van der Waals surface area contributed by atoms with Gasteiger partial charge in [0.15, 0.2) is 0 Å². The van der Waals surface area contributed by atoms with Crippen LogP contribution in [0.3, 0.4) is 0 Å². The molecule has 0 saturated carbocycles. The van der Waals surface area contributed by atoms with Crippen LogP contribution in [0.1, 0.15) is 21.7 Å². The minimum atomic E-state index is -0.546. The van der Waals surface area contributed by atoms with Gasteiger partial charge in [-0.3, -0.25) is 9.59 Å². The van der Waals surface area contributed by atoms with E-state index in [1.807, 2.05) is 0 Å². The normalized spacial score (nSPS) is 10.8. The molecule has 0 saturated heterocycles. The van der Waals surface area contributed by atoms with E-state index >= 15 is 0 Å². The van der Waals surface area contributed by atoms with E-state index < -0.39 is 17.8 Å². The number of methoxy groups -OCH3 is 1. The number of ether oxygens (including phenoxy) is 2. The Kier molecular flexibility index (Phi) is 8.13. The van der Waals surface area contributed by atoms with Crippen molar-refractivity contribution in [2.45, 2.75) is 0 Å². The summed E-state index contributed by atoms with van der Waals surface area (Å²) in [6, 6.07) is 16.6. The third-order valence-corrected chi connectivity index (χ3v) is 4.19. The molecular formula is C24H21N3O6. The Hall–Kier alpha value is -4.66. The van der Waals surface area contributed by atoms with Gasteiger partial charge in [-0.1, -0.05) is 12.1 Å². The molecule has 2 N–H and O–H groups in total. The highest BCUT2D eigenvalue weighted by Crippen LogP contribution is 2.16. The maximum Gasteiger partial charge on any atom is 0.336 e. The number of rotatable bonds is 9. The highest BCUT2D eigenvalue weighted by atomic mass is 16.5. The summed E-state index contributed by atoms with van der Waals surface area (Å²) in [4.78, 5) is 35.9. The van der Waals surface area contributed by atoms with Crippen LogP contribution in [0.15, 0.2) is 82.5 Å². The number of hydrogen-bond donors (Lipinski definition) is 2. The first-order valence-corrected chi connectivity index (χ1v) is 9.82. The molecule has 0 aliphatic carbocycles. The van der Waals surface area contributed by atoms with Gasteiger partial charge in [0, 0.05) is 6.08 Å². The van der Waals surface area contributed by atoms with E-state index in [9.17, 15) is 14.4 Å². The molecule has 0 atom stereocenters. The van der Waals surface area contributed by atoms with Crippen molar-refractivity contribution in [1.29, 1.82) is 0 Å². The fourth-order valence-corrected chi connectivity index (χ4v) is 2.61. The Labute approximate surface area is 189 Å². The van der Waals surface area contributed by atoms with E-state index in [1.165, 1.54) is 31.7 Å². The zero-order valence-electron chi connectivity index (χ0n) is 17.7. The van der Waals surface area contributed by atoms with Crippen LogP contribution in [-0.2, 0) is 9.59 Å². The van der Waals surface area contributed by atoms with Gasteiger partial charge in [0.1, 0.15) is 17.3 Å². The molecule has 0 fully saturated rings. The van der Waals surface area contributed by atoms with E-state index in [4.69, 9.17) is 13.9 Å². The SMILES string of the molecule is COc1ccccc1C(=O)NCC(=O)N/N=C\c1ccc(OC(=O)/C=C/c2ccco2)cc1. The third kappa shape index (κ3) is 7.21. The zero-order valence-corrected chi connectivity index (χ0v) is 17.7. The minimum absolute atomic E-state index is 0.255. The molecular weight excluding hydrogens is 426 g/mol. The monoisotopic (exact) mass is 447 g/mol. The average molecular weight is 447 g/mol. The minimum Gasteiger partial charge on any atom is -0.496 e. The van der Waals surface area contributed by atoms with Crippen LogP contribution in [0.4, 0.5) is 0 Å². The molecule has 33 heavy (non-hydrogen) atoms. The molecule has 1 heterocycles. The summed E-state index contributed by atoms with van der Waals surface area (Å²) in [7, 11) is 1.46. The van der Waals surface area contributed by atoms with Crippen LogP contribution in [0.2, 0.25) is 0 Å². The van der Waals surface area contributed by atoms with Crippen LogP contribution in [-0.4, -0.2) is 37.7 Å².